The third-order valence-corrected chi connectivity index (χ3v) is 4.17. The number of anilines is 1. The van der Waals surface area contributed by atoms with E-state index in [1.165, 1.54) is 0 Å². The second-order valence-electron chi connectivity index (χ2n) is 5.41. The van der Waals surface area contributed by atoms with Crippen LogP contribution in [-0.4, -0.2) is 48.9 Å². The summed E-state index contributed by atoms with van der Waals surface area (Å²) < 4.78 is 0. The van der Waals surface area contributed by atoms with E-state index < -0.39 is 0 Å². The molecule has 1 amide bonds. The Bertz CT molecular complexity index is 496. The topological polar surface area (TPSA) is 49.6 Å². The summed E-state index contributed by atoms with van der Waals surface area (Å²) in [5.41, 5.74) is 6.52. The summed E-state index contributed by atoms with van der Waals surface area (Å²) in [6.45, 7) is 1.64. The van der Waals surface area contributed by atoms with Gasteiger partial charge in [-0.3, -0.25) is 4.79 Å². The third-order valence-electron chi connectivity index (χ3n) is 3.54. The van der Waals surface area contributed by atoms with E-state index in [0.29, 0.717) is 21.3 Å². The molecule has 4 nitrogen and oxygen atoms in total. The lowest BCUT2D eigenvalue weighted by Crippen LogP contribution is -2.41. The Morgan fingerprint density at radius 3 is 2.55 bits per heavy atom. The molecule has 1 atom stereocenters. The Kier molecular flexibility index (Phi) is 4.78. The van der Waals surface area contributed by atoms with Gasteiger partial charge in [0, 0.05) is 24.7 Å². The van der Waals surface area contributed by atoms with Gasteiger partial charge in [-0.15, -0.1) is 0 Å². The Balaban J connectivity index is 2.22. The minimum Gasteiger partial charge on any atom is -0.396 e. The molecule has 6 heteroatoms. The van der Waals surface area contributed by atoms with Gasteiger partial charge in [-0.1, -0.05) is 23.2 Å². The van der Waals surface area contributed by atoms with Crippen LogP contribution in [0.15, 0.2) is 12.1 Å². The Morgan fingerprint density at radius 2 is 2.00 bits per heavy atom. The largest absolute Gasteiger partial charge is 0.396 e. The number of likely N-dealkylation sites (N-methyl/N-ethyl adjacent to an activating group) is 1. The second-order valence-corrected chi connectivity index (χ2v) is 6.22. The molecule has 1 saturated heterocycles. The number of carbonyl (C=O) groups is 1. The predicted molar refractivity (Wildman–Crippen MR) is 83.5 cm³/mol. The molecule has 1 aliphatic rings. The number of benzene rings is 1. The van der Waals surface area contributed by atoms with Crippen molar-refractivity contribution < 1.29 is 4.79 Å². The third kappa shape index (κ3) is 3.19. The average Bonchev–Trinajstić information content (AvgIpc) is 2.81. The zero-order chi connectivity index (χ0) is 14.9. The van der Waals surface area contributed by atoms with Crippen LogP contribution >= 0.6 is 23.2 Å². The number of hydrogen-bond donors (Lipinski definition) is 1. The zero-order valence-corrected chi connectivity index (χ0v) is 13.2. The fraction of sp³-hybridized carbons (Fsp3) is 0.500. The number of likely N-dealkylation sites (tertiary alicyclic amines) is 1. The van der Waals surface area contributed by atoms with Gasteiger partial charge in [-0.2, -0.15) is 0 Å². The minimum absolute atomic E-state index is 0.0295. The molecule has 2 N–H and O–H groups in total. The summed E-state index contributed by atoms with van der Waals surface area (Å²) in [5, 5.41) is 0.647. The number of amides is 1. The van der Waals surface area contributed by atoms with Crippen molar-refractivity contribution in [3.63, 3.8) is 0 Å². The van der Waals surface area contributed by atoms with Gasteiger partial charge < -0.3 is 15.5 Å². The van der Waals surface area contributed by atoms with Gasteiger partial charge in [0.25, 0.3) is 5.91 Å². The van der Waals surface area contributed by atoms with Gasteiger partial charge in [0.15, 0.2) is 0 Å². The predicted octanol–water partition coefficient (Wildman–Crippen LogP) is 2.74. The van der Waals surface area contributed by atoms with E-state index in [0.717, 1.165) is 25.9 Å². The Morgan fingerprint density at radius 1 is 1.40 bits per heavy atom. The van der Waals surface area contributed by atoms with Crippen LogP contribution in [0.25, 0.3) is 0 Å². The number of nitrogens with zero attached hydrogens (tertiary/aromatic N) is 2. The maximum atomic E-state index is 12.6. The van der Waals surface area contributed by atoms with E-state index in [1.54, 1.807) is 12.1 Å². The van der Waals surface area contributed by atoms with Crippen molar-refractivity contribution in [3.05, 3.63) is 27.7 Å². The number of nitrogens with two attached hydrogens (primary N) is 1. The van der Waals surface area contributed by atoms with E-state index >= 15 is 0 Å². The Hall–Kier alpha value is -0.970. The highest BCUT2D eigenvalue weighted by Crippen LogP contribution is 2.30. The first-order chi connectivity index (χ1) is 9.40. The lowest BCUT2D eigenvalue weighted by molar-refractivity contribution is 0.0716. The van der Waals surface area contributed by atoms with Gasteiger partial charge in [0.2, 0.25) is 0 Å². The van der Waals surface area contributed by atoms with Gasteiger partial charge in [0.05, 0.1) is 15.7 Å². The van der Waals surface area contributed by atoms with Gasteiger partial charge in [0.1, 0.15) is 0 Å². The second kappa shape index (κ2) is 6.20. The first-order valence-corrected chi connectivity index (χ1v) is 7.36. The first-order valence-electron chi connectivity index (χ1n) is 6.60. The average molecular weight is 316 g/mol. The molecule has 0 bridgehead atoms. The fourth-order valence-electron chi connectivity index (χ4n) is 2.59. The summed E-state index contributed by atoms with van der Waals surface area (Å²) in [6, 6.07) is 3.43. The molecule has 0 aromatic heterocycles. The maximum absolute atomic E-state index is 12.6. The molecule has 1 aliphatic heterocycles. The van der Waals surface area contributed by atoms with E-state index in [9.17, 15) is 4.79 Å². The van der Waals surface area contributed by atoms with Crippen molar-refractivity contribution in [3.8, 4) is 0 Å². The van der Waals surface area contributed by atoms with Crippen molar-refractivity contribution in [1.29, 1.82) is 0 Å². The Labute approximate surface area is 129 Å². The molecule has 0 radical (unpaired) electrons. The SMILES string of the molecule is CN(C)CC1CCCN1C(=O)c1cc(Cl)c(N)c(Cl)c1. The molecule has 1 aromatic rings. The van der Waals surface area contributed by atoms with Crippen LogP contribution in [0.2, 0.25) is 10.0 Å². The standard InChI is InChI=1S/C14H19Cl2N3O/c1-18(2)8-10-4-3-5-19(10)14(20)9-6-11(15)13(17)12(16)7-9/h6-7,10H,3-5,8,17H2,1-2H3. The summed E-state index contributed by atoms with van der Waals surface area (Å²) >= 11 is 12.0. The van der Waals surface area contributed by atoms with E-state index in [4.69, 9.17) is 28.9 Å². The van der Waals surface area contributed by atoms with E-state index in [2.05, 4.69) is 4.90 Å². The molecule has 1 fully saturated rings. The van der Waals surface area contributed by atoms with Crippen LogP contribution in [0.1, 0.15) is 23.2 Å². The van der Waals surface area contributed by atoms with Crippen LogP contribution in [-0.2, 0) is 0 Å². The molecular weight excluding hydrogens is 297 g/mol. The van der Waals surface area contributed by atoms with Crippen LogP contribution in [0.5, 0.6) is 0 Å². The van der Waals surface area contributed by atoms with Crippen LogP contribution < -0.4 is 5.73 Å². The van der Waals surface area contributed by atoms with Crippen molar-refractivity contribution in [2.75, 3.05) is 32.9 Å². The summed E-state index contributed by atoms with van der Waals surface area (Å²) in [5.74, 6) is -0.0295. The molecule has 0 aliphatic carbocycles. The van der Waals surface area contributed by atoms with E-state index in [1.807, 2.05) is 19.0 Å². The molecule has 110 valence electrons. The van der Waals surface area contributed by atoms with Gasteiger partial charge >= 0.3 is 0 Å². The van der Waals surface area contributed by atoms with Crippen molar-refractivity contribution >= 4 is 34.8 Å². The number of halogens is 2. The highest BCUT2D eigenvalue weighted by Gasteiger charge is 2.30. The van der Waals surface area contributed by atoms with Gasteiger partial charge in [-0.05, 0) is 39.1 Å². The molecule has 2 rings (SSSR count). The number of hydrogen-bond acceptors (Lipinski definition) is 3. The van der Waals surface area contributed by atoms with Crippen LogP contribution in [0.3, 0.4) is 0 Å². The summed E-state index contributed by atoms with van der Waals surface area (Å²) in [6.07, 6.45) is 2.06. The summed E-state index contributed by atoms with van der Waals surface area (Å²) in [7, 11) is 4.02. The maximum Gasteiger partial charge on any atom is 0.254 e. The highest BCUT2D eigenvalue weighted by atomic mass is 35.5. The molecule has 20 heavy (non-hydrogen) atoms. The highest BCUT2D eigenvalue weighted by molar-refractivity contribution is 6.39. The minimum atomic E-state index is -0.0295. The van der Waals surface area contributed by atoms with Crippen molar-refractivity contribution in [2.45, 2.75) is 18.9 Å². The first kappa shape index (κ1) is 15.4. The quantitative estimate of drug-likeness (QED) is 0.872. The summed E-state index contributed by atoms with van der Waals surface area (Å²) in [4.78, 5) is 16.6. The fourth-order valence-corrected chi connectivity index (χ4v) is 3.08. The smallest absolute Gasteiger partial charge is 0.254 e. The zero-order valence-electron chi connectivity index (χ0n) is 11.7. The number of carbonyl (C=O) groups excluding carboxylic acids is 1. The molecule has 0 spiro atoms. The molecule has 1 aromatic carbocycles. The van der Waals surface area contributed by atoms with Crippen molar-refractivity contribution in [2.24, 2.45) is 0 Å². The van der Waals surface area contributed by atoms with Crippen LogP contribution in [0.4, 0.5) is 5.69 Å². The van der Waals surface area contributed by atoms with E-state index in [-0.39, 0.29) is 11.9 Å². The monoisotopic (exact) mass is 315 g/mol. The number of rotatable bonds is 3. The lowest BCUT2D eigenvalue weighted by atomic mass is 10.1. The molecule has 1 unspecified atom stereocenters. The molecular formula is C14H19Cl2N3O. The lowest BCUT2D eigenvalue weighted by Gasteiger charge is -2.27. The molecule has 0 saturated carbocycles. The van der Waals surface area contributed by atoms with Crippen LogP contribution in [0, 0.1) is 0 Å². The molecule has 1 heterocycles. The van der Waals surface area contributed by atoms with Gasteiger partial charge in [-0.25, -0.2) is 0 Å². The van der Waals surface area contributed by atoms with Crippen molar-refractivity contribution in [1.82, 2.24) is 9.80 Å². The normalized spacial score (nSPS) is 18.9. The number of nitrogen functional groups attached to an aromatic ring is 1.